The zero-order chi connectivity index (χ0) is 23.5. The number of rotatable bonds is 7. The lowest BCUT2D eigenvalue weighted by molar-refractivity contribution is -0.116. The molecule has 0 bridgehead atoms. The second-order valence-electron chi connectivity index (χ2n) is 8.50. The highest BCUT2D eigenvalue weighted by Gasteiger charge is 2.24. The van der Waals surface area contributed by atoms with Crippen LogP contribution < -0.4 is 5.32 Å². The summed E-state index contributed by atoms with van der Waals surface area (Å²) in [5.41, 5.74) is 3.75. The number of carbonyl (C=O) groups excluding carboxylic acids is 2. The third-order valence-electron chi connectivity index (χ3n) is 6.13. The smallest absolute Gasteiger partial charge is 0.225 e. The third kappa shape index (κ3) is 4.43. The van der Waals surface area contributed by atoms with Gasteiger partial charge in [0.15, 0.2) is 11.6 Å². The molecule has 5 rings (SSSR count). The van der Waals surface area contributed by atoms with Gasteiger partial charge in [0, 0.05) is 29.0 Å². The summed E-state index contributed by atoms with van der Waals surface area (Å²) in [6.07, 6.45) is 4.81. The molecule has 4 aromatic rings. The number of carbonyl (C=O) groups is 2. The van der Waals surface area contributed by atoms with E-state index < -0.39 is 0 Å². The van der Waals surface area contributed by atoms with Gasteiger partial charge in [-0.05, 0) is 50.3 Å². The van der Waals surface area contributed by atoms with E-state index in [1.807, 2.05) is 65.2 Å². The third-order valence-corrected chi connectivity index (χ3v) is 7.34. The van der Waals surface area contributed by atoms with Crippen LogP contribution in [0.2, 0.25) is 0 Å². The van der Waals surface area contributed by atoms with Gasteiger partial charge in [-0.3, -0.25) is 14.2 Å². The first kappa shape index (κ1) is 22.2. The van der Waals surface area contributed by atoms with Crippen LogP contribution in [-0.2, 0) is 24.1 Å². The Kier molecular flexibility index (Phi) is 6.36. The predicted octanol–water partition coefficient (Wildman–Crippen LogP) is 5.65. The van der Waals surface area contributed by atoms with Crippen LogP contribution in [0.1, 0.15) is 52.8 Å². The van der Waals surface area contributed by atoms with Crippen LogP contribution in [-0.4, -0.2) is 26.5 Å². The molecule has 6 nitrogen and oxygen atoms in total. The molecule has 1 N–H and O–H groups in total. The van der Waals surface area contributed by atoms with Gasteiger partial charge in [0.1, 0.15) is 10.8 Å². The maximum absolute atomic E-state index is 12.9. The standard InChI is InChI=1S/C27H26N4O2S/c1-18(32)25-21-14-8-9-15-22(21)34-27(25)28-24(33)17-16-23-29-30-26(19-10-4-2-5-11-19)31(23)20-12-6-3-7-13-20/h2-7,10-13H,8-9,14-17H2,1H3,(H,28,33). The van der Waals surface area contributed by atoms with Crippen molar-refractivity contribution in [2.75, 3.05) is 5.32 Å². The number of para-hydroxylation sites is 1. The summed E-state index contributed by atoms with van der Waals surface area (Å²) in [6, 6.07) is 19.9. The highest BCUT2D eigenvalue weighted by molar-refractivity contribution is 7.17. The number of amides is 1. The normalized spacial score (nSPS) is 12.9. The van der Waals surface area contributed by atoms with Gasteiger partial charge < -0.3 is 5.32 Å². The van der Waals surface area contributed by atoms with Crippen LogP contribution in [0.5, 0.6) is 0 Å². The van der Waals surface area contributed by atoms with E-state index in [-0.39, 0.29) is 18.1 Å². The van der Waals surface area contributed by atoms with Crippen molar-refractivity contribution in [3.63, 3.8) is 0 Å². The number of thiophene rings is 1. The van der Waals surface area contributed by atoms with Crippen molar-refractivity contribution in [3.05, 3.63) is 82.5 Å². The van der Waals surface area contributed by atoms with Gasteiger partial charge in [0.2, 0.25) is 5.91 Å². The van der Waals surface area contributed by atoms with Crippen molar-refractivity contribution < 1.29 is 9.59 Å². The maximum atomic E-state index is 12.9. The molecule has 1 amide bonds. The number of nitrogens with zero attached hydrogens (tertiary/aromatic N) is 3. The molecule has 34 heavy (non-hydrogen) atoms. The van der Waals surface area contributed by atoms with Gasteiger partial charge in [-0.25, -0.2) is 0 Å². The molecule has 0 fully saturated rings. The second-order valence-corrected chi connectivity index (χ2v) is 9.60. The van der Waals surface area contributed by atoms with Crippen LogP contribution in [0, 0.1) is 0 Å². The van der Waals surface area contributed by atoms with E-state index in [1.165, 1.54) is 4.88 Å². The van der Waals surface area contributed by atoms with Crippen molar-refractivity contribution >= 4 is 28.0 Å². The van der Waals surface area contributed by atoms with E-state index in [0.717, 1.165) is 54.1 Å². The molecule has 2 aromatic carbocycles. The molecule has 1 aliphatic carbocycles. The second kappa shape index (κ2) is 9.73. The number of nitrogens with one attached hydrogen (secondary N) is 1. The first-order valence-corrected chi connectivity index (χ1v) is 12.4. The molecular formula is C27H26N4O2S. The van der Waals surface area contributed by atoms with Gasteiger partial charge in [-0.2, -0.15) is 0 Å². The number of Topliss-reactive ketones (excluding diaryl/α,β-unsaturated/α-hetero) is 1. The molecule has 0 saturated heterocycles. The fraction of sp³-hybridized carbons (Fsp3) is 0.259. The Morgan fingerprint density at radius 2 is 1.68 bits per heavy atom. The molecule has 2 heterocycles. The Morgan fingerprint density at radius 3 is 2.41 bits per heavy atom. The molecule has 0 aliphatic heterocycles. The molecule has 7 heteroatoms. The fourth-order valence-corrected chi connectivity index (χ4v) is 5.90. The maximum Gasteiger partial charge on any atom is 0.225 e. The Hall–Kier alpha value is -3.58. The average molecular weight is 471 g/mol. The van der Waals surface area contributed by atoms with Gasteiger partial charge in [-0.15, -0.1) is 21.5 Å². The number of ketones is 1. The summed E-state index contributed by atoms with van der Waals surface area (Å²) in [5, 5.41) is 12.6. The molecule has 1 aliphatic rings. The molecule has 0 saturated carbocycles. The van der Waals surface area contributed by atoms with Crippen molar-refractivity contribution in [1.82, 2.24) is 14.8 Å². The highest BCUT2D eigenvalue weighted by Crippen LogP contribution is 2.38. The van der Waals surface area contributed by atoms with Gasteiger partial charge in [-0.1, -0.05) is 48.5 Å². The zero-order valence-corrected chi connectivity index (χ0v) is 19.9. The quantitative estimate of drug-likeness (QED) is 0.354. The number of aryl methyl sites for hydroxylation is 2. The Labute approximate surface area is 202 Å². The summed E-state index contributed by atoms with van der Waals surface area (Å²) in [6.45, 7) is 1.58. The SMILES string of the molecule is CC(=O)c1c(NC(=O)CCc2nnc(-c3ccccc3)n2-c2ccccc2)sc2c1CCCC2. The van der Waals surface area contributed by atoms with Gasteiger partial charge >= 0.3 is 0 Å². The summed E-state index contributed by atoms with van der Waals surface area (Å²) >= 11 is 1.56. The molecule has 172 valence electrons. The summed E-state index contributed by atoms with van der Waals surface area (Å²) in [4.78, 5) is 26.5. The van der Waals surface area contributed by atoms with E-state index in [2.05, 4.69) is 15.5 Å². The summed E-state index contributed by atoms with van der Waals surface area (Å²) in [7, 11) is 0. The summed E-state index contributed by atoms with van der Waals surface area (Å²) in [5.74, 6) is 1.36. The number of hydrogen-bond acceptors (Lipinski definition) is 5. The van der Waals surface area contributed by atoms with Crippen molar-refractivity contribution in [2.45, 2.75) is 45.4 Å². The largest absolute Gasteiger partial charge is 0.317 e. The van der Waals surface area contributed by atoms with Crippen molar-refractivity contribution in [3.8, 4) is 17.1 Å². The predicted molar refractivity (Wildman–Crippen MR) is 135 cm³/mol. The van der Waals surface area contributed by atoms with Crippen molar-refractivity contribution in [2.24, 2.45) is 0 Å². The monoisotopic (exact) mass is 470 g/mol. The minimum absolute atomic E-state index is 0.0195. The first-order valence-electron chi connectivity index (χ1n) is 11.6. The minimum atomic E-state index is -0.120. The molecule has 2 aromatic heterocycles. The lowest BCUT2D eigenvalue weighted by Crippen LogP contribution is -2.15. The number of hydrogen-bond donors (Lipinski definition) is 1. The van der Waals surface area contributed by atoms with Gasteiger partial charge in [0.25, 0.3) is 0 Å². The lowest BCUT2D eigenvalue weighted by atomic mass is 9.94. The summed E-state index contributed by atoms with van der Waals surface area (Å²) < 4.78 is 2.01. The molecule has 0 radical (unpaired) electrons. The van der Waals surface area contributed by atoms with E-state index in [9.17, 15) is 9.59 Å². The van der Waals surface area contributed by atoms with Crippen LogP contribution in [0.25, 0.3) is 17.1 Å². The zero-order valence-electron chi connectivity index (χ0n) is 19.1. The van der Waals surface area contributed by atoms with E-state index in [4.69, 9.17) is 0 Å². The number of anilines is 1. The molecule has 0 spiro atoms. The van der Waals surface area contributed by atoms with Crippen LogP contribution >= 0.6 is 11.3 Å². The lowest BCUT2D eigenvalue weighted by Gasteiger charge is -2.11. The molecular weight excluding hydrogens is 444 g/mol. The van der Waals surface area contributed by atoms with Crippen molar-refractivity contribution in [1.29, 1.82) is 0 Å². The number of aromatic nitrogens is 3. The first-order chi connectivity index (χ1) is 16.6. The molecule has 0 atom stereocenters. The Balaban J connectivity index is 1.38. The number of benzene rings is 2. The highest BCUT2D eigenvalue weighted by atomic mass is 32.1. The van der Waals surface area contributed by atoms with Gasteiger partial charge in [0.05, 0.1) is 5.56 Å². The average Bonchev–Trinajstić information content (AvgIpc) is 3.45. The van der Waals surface area contributed by atoms with E-state index >= 15 is 0 Å². The number of fused-ring (bicyclic) bond motifs is 1. The van der Waals surface area contributed by atoms with E-state index in [0.29, 0.717) is 17.0 Å². The Bertz CT molecular complexity index is 1330. The van der Waals surface area contributed by atoms with Crippen LogP contribution in [0.3, 0.4) is 0 Å². The Morgan fingerprint density at radius 1 is 0.971 bits per heavy atom. The molecule has 0 unspecified atom stereocenters. The minimum Gasteiger partial charge on any atom is -0.317 e. The van der Waals surface area contributed by atoms with Crippen LogP contribution in [0.4, 0.5) is 5.00 Å². The van der Waals surface area contributed by atoms with Crippen LogP contribution in [0.15, 0.2) is 60.7 Å². The topological polar surface area (TPSA) is 76.9 Å². The fourth-order valence-electron chi connectivity index (χ4n) is 4.54. The van der Waals surface area contributed by atoms with E-state index in [1.54, 1.807) is 18.3 Å².